The second-order valence-electron chi connectivity index (χ2n) is 4.75. The first kappa shape index (κ1) is 15.0. The third-order valence-electron chi connectivity index (χ3n) is 3.12. The fraction of sp³-hybridized carbons (Fsp3) is 0.0667. The molecule has 7 nitrogen and oxygen atoms in total. The van der Waals surface area contributed by atoms with Gasteiger partial charge in [-0.05, 0) is 30.3 Å². The van der Waals surface area contributed by atoms with E-state index in [1.165, 1.54) is 16.9 Å². The van der Waals surface area contributed by atoms with Crippen LogP contribution in [0.3, 0.4) is 0 Å². The topological polar surface area (TPSA) is 92.7 Å². The molecular formula is C15H12ClN5O2. The summed E-state index contributed by atoms with van der Waals surface area (Å²) in [5.74, 6) is -0.577. The van der Waals surface area contributed by atoms with E-state index in [0.717, 1.165) is 0 Å². The molecule has 0 unspecified atom stereocenters. The Morgan fingerprint density at radius 3 is 2.87 bits per heavy atom. The summed E-state index contributed by atoms with van der Waals surface area (Å²) in [6.45, 7) is -0.00123. The molecule has 116 valence electrons. The lowest BCUT2D eigenvalue weighted by Gasteiger charge is -2.10. The highest BCUT2D eigenvalue weighted by atomic mass is 35.5. The van der Waals surface area contributed by atoms with Gasteiger partial charge in [0.25, 0.3) is 0 Å². The molecule has 8 heteroatoms. The number of benzene rings is 1. The Bertz CT molecular complexity index is 828. The van der Waals surface area contributed by atoms with E-state index in [0.29, 0.717) is 22.0 Å². The normalized spacial score (nSPS) is 10.5. The van der Waals surface area contributed by atoms with E-state index in [1.807, 2.05) is 0 Å². The number of rotatable bonds is 5. The Labute approximate surface area is 136 Å². The van der Waals surface area contributed by atoms with Gasteiger partial charge in [-0.15, -0.1) is 5.10 Å². The van der Waals surface area contributed by atoms with Crippen LogP contribution in [-0.4, -0.2) is 31.7 Å². The minimum absolute atomic E-state index is 0.00123. The summed E-state index contributed by atoms with van der Waals surface area (Å²) in [5, 5.41) is 10.5. The van der Waals surface area contributed by atoms with E-state index >= 15 is 0 Å². The molecule has 3 aromatic rings. The first-order valence-corrected chi connectivity index (χ1v) is 7.13. The Morgan fingerprint density at radius 1 is 1.30 bits per heavy atom. The van der Waals surface area contributed by atoms with Crippen molar-refractivity contribution in [2.45, 2.75) is 6.54 Å². The number of halogens is 1. The van der Waals surface area contributed by atoms with E-state index in [9.17, 15) is 9.59 Å². The van der Waals surface area contributed by atoms with Crippen molar-refractivity contribution >= 4 is 29.0 Å². The molecule has 1 aromatic carbocycles. The van der Waals surface area contributed by atoms with Gasteiger partial charge in [0.2, 0.25) is 11.7 Å². The zero-order valence-corrected chi connectivity index (χ0v) is 12.6. The van der Waals surface area contributed by atoms with E-state index in [2.05, 4.69) is 20.6 Å². The smallest absolute Gasteiger partial charge is 0.246 e. The maximum absolute atomic E-state index is 12.5. The van der Waals surface area contributed by atoms with E-state index < -0.39 is 0 Å². The Kier molecular flexibility index (Phi) is 4.20. The van der Waals surface area contributed by atoms with E-state index in [1.54, 1.807) is 36.7 Å². The number of H-pyrrole nitrogens is 1. The van der Waals surface area contributed by atoms with Gasteiger partial charge in [-0.3, -0.25) is 9.59 Å². The number of carbonyl (C=O) groups excluding carboxylic acids is 2. The largest absolute Gasteiger partial charge is 0.359 e. The van der Waals surface area contributed by atoms with Crippen LogP contribution in [0.5, 0.6) is 0 Å². The Hall–Kier alpha value is -2.93. The summed E-state index contributed by atoms with van der Waals surface area (Å²) in [7, 11) is 0. The minimum Gasteiger partial charge on any atom is -0.359 e. The van der Waals surface area contributed by atoms with Gasteiger partial charge in [0.1, 0.15) is 6.54 Å². The second kappa shape index (κ2) is 6.45. The van der Waals surface area contributed by atoms with E-state index in [4.69, 9.17) is 11.6 Å². The Morgan fingerprint density at radius 2 is 2.17 bits per heavy atom. The van der Waals surface area contributed by atoms with Gasteiger partial charge < -0.3 is 10.3 Å². The van der Waals surface area contributed by atoms with Crippen LogP contribution in [0, 0.1) is 0 Å². The van der Waals surface area contributed by atoms with Gasteiger partial charge in [0.15, 0.2) is 0 Å². The molecule has 2 heterocycles. The van der Waals surface area contributed by atoms with Gasteiger partial charge >= 0.3 is 0 Å². The summed E-state index contributed by atoms with van der Waals surface area (Å²) in [4.78, 5) is 27.4. The molecule has 0 bridgehead atoms. The van der Waals surface area contributed by atoms with Crippen LogP contribution in [0.1, 0.15) is 16.1 Å². The lowest BCUT2D eigenvalue weighted by Crippen LogP contribution is -2.20. The minimum atomic E-state index is -0.321. The number of amides is 1. The first-order chi connectivity index (χ1) is 11.1. The number of aromatic nitrogens is 4. The fourth-order valence-corrected chi connectivity index (χ4v) is 2.26. The second-order valence-corrected chi connectivity index (χ2v) is 5.19. The van der Waals surface area contributed by atoms with Crippen molar-refractivity contribution in [3.63, 3.8) is 0 Å². The highest BCUT2D eigenvalue weighted by molar-refractivity contribution is 6.31. The molecule has 1 amide bonds. The number of hydrogen-bond donors (Lipinski definition) is 2. The number of aromatic amines is 1. The molecule has 0 spiro atoms. The molecule has 0 aliphatic rings. The summed E-state index contributed by atoms with van der Waals surface area (Å²) in [6, 6.07) is 8.11. The fourth-order valence-electron chi connectivity index (χ4n) is 2.08. The predicted molar refractivity (Wildman–Crippen MR) is 84.3 cm³/mol. The van der Waals surface area contributed by atoms with Crippen LogP contribution < -0.4 is 5.32 Å². The number of nitrogens with zero attached hydrogens (tertiary/aromatic N) is 3. The predicted octanol–water partition coefficient (Wildman–Crippen LogP) is 2.13. The van der Waals surface area contributed by atoms with Crippen molar-refractivity contribution < 1.29 is 9.59 Å². The first-order valence-electron chi connectivity index (χ1n) is 6.75. The number of nitrogens with one attached hydrogen (secondary N) is 2. The highest BCUT2D eigenvalue weighted by Gasteiger charge is 2.17. The van der Waals surface area contributed by atoms with Crippen LogP contribution in [0.25, 0.3) is 0 Å². The molecule has 0 saturated carbocycles. The summed E-state index contributed by atoms with van der Waals surface area (Å²) in [6.07, 6.45) is 4.71. The molecule has 0 aliphatic carbocycles. The van der Waals surface area contributed by atoms with Crippen molar-refractivity contribution in [2.75, 3.05) is 5.32 Å². The molecule has 0 aliphatic heterocycles. The SMILES string of the molecule is O=C(Cn1ccnn1)Nc1ccc(Cl)cc1C(=O)c1ccc[nH]1. The summed E-state index contributed by atoms with van der Waals surface area (Å²) < 4.78 is 1.39. The van der Waals surface area contributed by atoms with Crippen molar-refractivity contribution in [3.05, 3.63) is 65.2 Å². The highest BCUT2D eigenvalue weighted by Crippen LogP contribution is 2.23. The van der Waals surface area contributed by atoms with Gasteiger partial charge in [-0.1, -0.05) is 16.8 Å². The average molecular weight is 330 g/mol. The zero-order valence-electron chi connectivity index (χ0n) is 11.9. The van der Waals surface area contributed by atoms with Crippen LogP contribution in [-0.2, 0) is 11.3 Å². The van der Waals surface area contributed by atoms with Gasteiger partial charge in [0, 0.05) is 23.0 Å². The van der Waals surface area contributed by atoms with Crippen molar-refractivity contribution in [1.29, 1.82) is 0 Å². The van der Waals surface area contributed by atoms with Crippen LogP contribution in [0.4, 0.5) is 5.69 Å². The maximum Gasteiger partial charge on any atom is 0.246 e. The van der Waals surface area contributed by atoms with Crippen molar-refractivity contribution in [1.82, 2.24) is 20.0 Å². The van der Waals surface area contributed by atoms with Crippen molar-refractivity contribution in [3.8, 4) is 0 Å². The number of carbonyl (C=O) groups is 2. The van der Waals surface area contributed by atoms with Crippen LogP contribution in [0.15, 0.2) is 48.9 Å². The van der Waals surface area contributed by atoms with Crippen molar-refractivity contribution in [2.24, 2.45) is 0 Å². The third kappa shape index (κ3) is 3.46. The lowest BCUT2D eigenvalue weighted by atomic mass is 10.1. The van der Waals surface area contributed by atoms with E-state index in [-0.39, 0.29) is 18.2 Å². The van der Waals surface area contributed by atoms with Gasteiger partial charge in [-0.2, -0.15) is 0 Å². The molecule has 0 atom stereocenters. The quantitative estimate of drug-likeness (QED) is 0.701. The van der Waals surface area contributed by atoms with Crippen LogP contribution in [0.2, 0.25) is 5.02 Å². The van der Waals surface area contributed by atoms with Gasteiger partial charge in [-0.25, -0.2) is 4.68 Å². The molecule has 2 N–H and O–H groups in total. The summed E-state index contributed by atoms with van der Waals surface area (Å²) >= 11 is 5.98. The third-order valence-corrected chi connectivity index (χ3v) is 3.36. The summed E-state index contributed by atoms with van der Waals surface area (Å²) in [5.41, 5.74) is 1.12. The number of anilines is 1. The zero-order chi connectivity index (χ0) is 16.2. The molecule has 23 heavy (non-hydrogen) atoms. The average Bonchev–Trinajstić information content (AvgIpc) is 3.21. The maximum atomic E-state index is 12.5. The Balaban J connectivity index is 1.84. The molecule has 2 aromatic heterocycles. The molecule has 0 radical (unpaired) electrons. The molecule has 0 fully saturated rings. The van der Waals surface area contributed by atoms with Crippen LogP contribution >= 0.6 is 11.6 Å². The molecule has 3 rings (SSSR count). The standard InChI is InChI=1S/C15H12ClN5O2/c16-10-3-4-12(19-14(22)9-21-7-6-18-20-21)11(8-10)15(23)13-2-1-5-17-13/h1-8,17H,9H2,(H,19,22). The number of ketones is 1. The molecular weight excluding hydrogens is 318 g/mol. The van der Waals surface area contributed by atoms with Gasteiger partial charge in [0.05, 0.1) is 17.6 Å². The lowest BCUT2D eigenvalue weighted by molar-refractivity contribution is -0.116. The monoisotopic (exact) mass is 329 g/mol. The number of hydrogen-bond acceptors (Lipinski definition) is 4. The molecule has 0 saturated heterocycles.